The van der Waals surface area contributed by atoms with Gasteiger partial charge in [0.15, 0.2) is 0 Å². The molecule has 1 atom stereocenters. The first-order chi connectivity index (χ1) is 5.61. The number of carboxylic acid groups (broad SMARTS) is 1. The first kappa shape index (κ1) is 11.2. The van der Waals surface area contributed by atoms with Crippen molar-refractivity contribution in [2.45, 2.75) is 6.04 Å². The molecule has 70 valence electrons. The minimum Gasteiger partial charge on any atom is -0.480 e. The van der Waals surface area contributed by atoms with E-state index in [1.54, 1.807) is 6.26 Å². The normalized spacial score (nSPS) is 12.2. The maximum Gasteiger partial charge on any atom is 0.328 e. The van der Waals surface area contributed by atoms with Crippen LogP contribution in [0.4, 0.5) is 0 Å². The van der Waals surface area contributed by atoms with Gasteiger partial charge in [0.2, 0.25) is 5.91 Å². The predicted octanol–water partition coefficient (Wildman–Crippen LogP) is -1.09. The zero-order valence-electron chi connectivity index (χ0n) is 6.61. The van der Waals surface area contributed by atoms with Gasteiger partial charge in [-0.1, -0.05) is 0 Å². The molecule has 0 aromatic heterocycles. The van der Waals surface area contributed by atoms with Gasteiger partial charge in [-0.3, -0.25) is 4.79 Å². The average molecular weight is 193 g/mol. The predicted molar refractivity (Wildman–Crippen MR) is 45.0 cm³/mol. The molecule has 3 N–H and O–H groups in total. The quantitative estimate of drug-likeness (QED) is 0.516. The smallest absolute Gasteiger partial charge is 0.328 e. The van der Waals surface area contributed by atoms with E-state index in [-0.39, 0.29) is 11.7 Å². The van der Waals surface area contributed by atoms with Crippen molar-refractivity contribution >= 4 is 23.6 Å². The van der Waals surface area contributed by atoms with Crippen LogP contribution in [-0.4, -0.2) is 46.7 Å². The third-order valence-corrected chi connectivity index (χ3v) is 1.64. The van der Waals surface area contributed by atoms with Crippen molar-refractivity contribution in [1.82, 2.24) is 5.32 Å². The Morgan fingerprint density at radius 1 is 1.58 bits per heavy atom. The maximum absolute atomic E-state index is 10.8. The van der Waals surface area contributed by atoms with Crippen molar-refractivity contribution in [2.75, 3.05) is 18.6 Å². The van der Waals surface area contributed by atoms with Crippen molar-refractivity contribution in [1.29, 1.82) is 0 Å². The molecule has 12 heavy (non-hydrogen) atoms. The molecule has 0 saturated heterocycles. The summed E-state index contributed by atoms with van der Waals surface area (Å²) in [5.41, 5.74) is 0. The summed E-state index contributed by atoms with van der Waals surface area (Å²) in [4.78, 5) is 21.1. The number of amides is 1. The fourth-order valence-corrected chi connectivity index (χ4v) is 0.898. The lowest BCUT2D eigenvalue weighted by atomic mass is 10.3. The Hall–Kier alpha value is -0.750. The van der Waals surface area contributed by atoms with E-state index in [1.807, 2.05) is 0 Å². The number of carbonyl (C=O) groups excluding carboxylic acids is 1. The van der Waals surface area contributed by atoms with Crippen LogP contribution in [-0.2, 0) is 9.59 Å². The van der Waals surface area contributed by atoms with Crippen LogP contribution in [0.3, 0.4) is 0 Å². The van der Waals surface area contributed by atoms with E-state index < -0.39 is 18.6 Å². The largest absolute Gasteiger partial charge is 0.480 e. The lowest BCUT2D eigenvalue weighted by Crippen LogP contribution is -2.44. The maximum atomic E-state index is 10.8. The Bertz CT molecular complexity index is 173. The van der Waals surface area contributed by atoms with Crippen LogP contribution in [0.15, 0.2) is 0 Å². The van der Waals surface area contributed by atoms with Crippen molar-refractivity contribution in [3.8, 4) is 0 Å². The van der Waals surface area contributed by atoms with Crippen molar-refractivity contribution < 1.29 is 19.8 Å². The summed E-state index contributed by atoms with van der Waals surface area (Å²) < 4.78 is 0. The Kier molecular flexibility index (Phi) is 5.48. The van der Waals surface area contributed by atoms with Gasteiger partial charge in [0.05, 0.1) is 12.4 Å². The molecule has 0 radical (unpaired) electrons. The van der Waals surface area contributed by atoms with Crippen LogP contribution < -0.4 is 5.32 Å². The number of aliphatic hydroxyl groups excluding tert-OH is 1. The van der Waals surface area contributed by atoms with Gasteiger partial charge in [-0.25, -0.2) is 4.79 Å². The highest BCUT2D eigenvalue weighted by Gasteiger charge is 2.17. The number of nitrogens with one attached hydrogen (secondary N) is 1. The lowest BCUT2D eigenvalue weighted by molar-refractivity contribution is -0.142. The summed E-state index contributed by atoms with van der Waals surface area (Å²) in [5.74, 6) is -1.42. The summed E-state index contributed by atoms with van der Waals surface area (Å²) in [6.45, 7) is -0.588. The average Bonchev–Trinajstić information content (AvgIpc) is 2.00. The molecule has 6 heteroatoms. The van der Waals surface area contributed by atoms with Crippen LogP contribution in [0, 0.1) is 0 Å². The summed E-state index contributed by atoms with van der Waals surface area (Å²) in [5, 5.41) is 19.1. The third-order valence-electron chi connectivity index (χ3n) is 1.09. The van der Waals surface area contributed by atoms with Gasteiger partial charge in [-0.2, -0.15) is 11.8 Å². The molecule has 0 aromatic rings. The molecule has 0 aromatic carbocycles. The number of rotatable bonds is 5. The van der Waals surface area contributed by atoms with Gasteiger partial charge in [-0.05, 0) is 6.26 Å². The van der Waals surface area contributed by atoms with Crippen LogP contribution in [0.5, 0.6) is 0 Å². The van der Waals surface area contributed by atoms with E-state index in [1.165, 1.54) is 11.8 Å². The summed E-state index contributed by atoms with van der Waals surface area (Å²) >= 11 is 1.29. The zero-order valence-corrected chi connectivity index (χ0v) is 7.43. The van der Waals surface area contributed by atoms with Gasteiger partial charge >= 0.3 is 5.97 Å². The minimum atomic E-state index is -1.23. The molecule has 0 aliphatic heterocycles. The van der Waals surface area contributed by atoms with E-state index in [2.05, 4.69) is 5.32 Å². The Morgan fingerprint density at radius 3 is 2.50 bits per heavy atom. The van der Waals surface area contributed by atoms with Crippen LogP contribution in [0.25, 0.3) is 0 Å². The SMILES string of the molecule is CSCC(=O)N[C@H](CO)C(=O)O. The highest BCUT2D eigenvalue weighted by atomic mass is 32.2. The first-order valence-electron chi connectivity index (χ1n) is 3.23. The lowest BCUT2D eigenvalue weighted by Gasteiger charge is -2.10. The molecule has 0 bridgehead atoms. The molecular weight excluding hydrogens is 182 g/mol. The van der Waals surface area contributed by atoms with Crippen LogP contribution in [0.1, 0.15) is 0 Å². The van der Waals surface area contributed by atoms with Crippen molar-refractivity contribution in [3.63, 3.8) is 0 Å². The number of aliphatic carboxylic acids is 1. The third kappa shape index (κ3) is 4.20. The number of thioether (sulfide) groups is 1. The van der Waals surface area contributed by atoms with E-state index in [4.69, 9.17) is 10.2 Å². The Balaban J connectivity index is 3.85. The first-order valence-corrected chi connectivity index (χ1v) is 4.63. The number of carboxylic acids is 1. The standard InChI is InChI=1S/C6H11NO4S/c1-12-3-5(9)7-4(2-8)6(10)11/h4,8H,2-3H2,1H3,(H,7,9)(H,10,11)/t4-/m1/s1. The van der Waals surface area contributed by atoms with Gasteiger partial charge in [0.1, 0.15) is 6.04 Å². The second-order valence-corrected chi connectivity index (χ2v) is 2.94. The minimum absolute atomic E-state index is 0.198. The van der Waals surface area contributed by atoms with E-state index in [9.17, 15) is 9.59 Å². The molecule has 5 nitrogen and oxygen atoms in total. The second-order valence-electron chi connectivity index (χ2n) is 2.07. The topological polar surface area (TPSA) is 86.6 Å². The number of hydrogen-bond donors (Lipinski definition) is 3. The fourth-order valence-electron chi connectivity index (χ4n) is 0.553. The summed E-state index contributed by atoms with van der Waals surface area (Å²) in [7, 11) is 0. The summed E-state index contributed by atoms with van der Waals surface area (Å²) in [6.07, 6.45) is 1.73. The van der Waals surface area contributed by atoms with E-state index in [0.29, 0.717) is 0 Å². The molecule has 0 unspecified atom stereocenters. The van der Waals surface area contributed by atoms with E-state index in [0.717, 1.165) is 0 Å². The molecule has 0 fully saturated rings. The second kappa shape index (κ2) is 5.84. The molecule has 0 saturated carbocycles. The monoisotopic (exact) mass is 193 g/mol. The van der Waals surface area contributed by atoms with Crippen molar-refractivity contribution in [3.05, 3.63) is 0 Å². The molecule has 0 aliphatic carbocycles. The Labute approximate surface area is 74.1 Å². The number of aliphatic hydroxyl groups is 1. The molecule has 0 rings (SSSR count). The van der Waals surface area contributed by atoms with E-state index >= 15 is 0 Å². The fraction of sp³-hybridized carbons (Fsp3) is 0.667. The molecule has 0 aliphatic rings. The molecular formula is C6H11NO4S. The van der Waals surface area contributed by atoms with Crippen LogP contribution >= 0.6 is 11.8 Å². The van der Waals surface area contributed by atoms with Gasteiger partial charge in [0, 0.05) is 0 Å². The molecule has 0 heterocycles. The number of hydrogen-bond acceptors (Lipinski definition) is 4. The van der Waals surface area contributed by atoms with Crippen molar-refractivity contribution in [2.24, 2.45) is 0 Å². The zero-order chi connectivity index (χ0) is 9.56. The Morgan fingerprint density at radius 2 is 2.17 bits per heavy atom. The highest BCUT2D eigenvalue weighted by molar-refractivity contribution is 7.99. The van der Waals surface area contributed by atoms with Gasteiger partial charge < -0.3 is 15.5 Å². The summed E-state index contributed by atoms with van der Waals surface area (Å²) in [6, 6.07) is -1.19. The van der Waals surface area contributed by atoms with Gasteiger partial charge in [-0.15, -0.1) is 0 Å². The van der Waals surface area contributed by atoms with Crippen LogP contribution in [0.2, 0.25) is 0 Å². The molecule has 1 amide bonds. The molecule has 0 spiro atoms. The van der Waals surface area contributed by atoms with Gasteiger partial charge in [0.25, 0.3) is 0 Å². The number of carbonyl (C=O) groups is 2. The highest BCUT2D eigenvalue weighted by Crippen LogP contribution is 1.91.